The van der Waals surface area contributed by atoms with Crippen LogP contribution in [0.2, 0.25) is 4.22 Å². The van der Waals surface area contributed by atoms with Crippen molar-refractivity contribution in [1.29, 1.82) is 0 Å². The van der Waals surface area contributed by atoms with Crippen LogP contribution < -0.4 is 9.45 Å². The van der Waals surface area contributed by atoms with E-state index in [0.717, 1.165) is 0 Å². The number of aryl methyl sites for hydroxylation is 2. The van der Waals surface area contributed by atoms with E-state index >= 15 is 0 Å². The van der Waals surface area contributed by atoms with Crippen molar-refractivity contribution in [3.63, 3.8) is 0 Å². The van der Waals surface area contributed by atoms with Gasteiger partial charge in [-0.3, -0.25) is 0 Å². The second-order valence-electron chi connectivity index (χ2n) is 3.05. The molecule has 0 aliphatic carbocycles. The van der Waals surface area contributed by atoms with Gasteiger partial charge in [-0.25, -0.2) is 0 Å². The van der Waals surface area contributed by atoms with Crippen molar-refractivity contribution >= 4 is 39.4 Å². The minimum absolute atomic E-state index is 0.476. The molecule has 0 unspecified atom stereocenters. The molecule has 0 fully saturated rings. The monoisotopic (exact) mass is 336 g/mol. The molecule has 15 heavy (non-hydrogen) atoms. The average Bonchev–Trinajstić information content (AvgIpc) is 2.78. The van der Waals surface area contributed by atoms with Gasteiger partial charge in [0.15, 0.2) is 0 Å². The summed E-state index contributed by atoms with van der Waals surface area (Å²) in [7, 11) is 4.11. The molecule has 0 N–H and O–H groups in total. The van der Waals surface area contributed by atoms with Gasteiger partial charge >= 0.3 is 102 Å². The average molecular weight is 334 g/mol. The molecule has 0 atom stereocenters. The first-order chi connectivity index (χ1) is 7.27. The van der Waals surface area contributed by atoms with Crippen molar-refractivity contribution < 1.29 is 0 Å². The van der Waals surface area contributed by atoms with E-state index in [1.165, 1.54) is 13.7 Å². The van der Waals surface area contributed by atoms with Gasteiger partial charge in [0, 0.05) is 0 Å². The predicted octanol–water partition coefficient (Wildman–Crippen LogP) is -1.11. The number of rotatable bonds is 4. The summed E-state index contributed by atoms with van der Waals surface area (Å²) in [6.45, 7) is 0. The maximum absolute atomic E-state index is 4.33. The fourth-order valence-corrected chi connectivity index (χ4v) is 6.30. The van der Waals surface area contributed by atoms with Crippen molar-refractivity contribution in [3.8, 4) is 0 Å². The Hall–Kier alpha value is -0.541. The first-order valence-electron chi connectivity index (χ1n) is 4.47. The molecule has 0 bridgehead atoms. The van der Waals surface area contributed by atoms with Crippen LogP contribution in [0.25, 0.3) is 0 Å². The third kappa shape index (κ3) is 2.73. The molecule has 0 saturated heterocycles. The van der Waals surface area contributed by atoms with Crippen LogP contribution in [0.15, 0.2) is 24.8 Å². The second kappa shape index (κ2) is 4.99. The van der Waals surface area contributed by atoms with Gasteiger partial charge < -0.3 is 0 Å². The molecule has 0 amide bonds. The van der Waals surface area contributed by atoms with E-state index in [0.29, 0.717) is 29.9 Å². The molecule has 2 heterocycles. The van der Waals surface area contributed by atoms with E-state index in [9.17, 15) is 0 Å². The Balaban J connectivity index is 1.86. The predicted molar refractivity (Wildman–Crippen MR) is 62.0 cm³/mol. The van der Waals surface area contributed by atoms with Crippen LogP contribution >= 0.6 is 0 Å². The Morgan fingerprint density at radius 2 is 1.47 bits per heavy atom. The van der Waals surface area contributed by atoms with E-state index in [2.05, 4.69) is 33.2 Å². The zero-order valence-corrected chi connectivity index (χ0v) is 12.0. The maximum atomic E-state index is 4.33. The van der Waals surface area contributed by atoms with E-state index < -0.39 is 0 Å². The second-order valence-corrected chi connectivity index (χ2v) is 8.86. The molecule has 4 nitrogen and oxygen atoms in total. The molecule has 2 aromatic heterocycles. The number of hydrogen-bond donors (Lipinski definition) is 0. The summed E-state index contributed by atoms with van der Waals surface area (Å²) in [4.78, 5) is 8.66. The Kier molecular flexibility index (Phi) is 3.65. The van der Waals surface area contributed by atoms with E-state index in [4.69, 9.17) is 0 Å². The SMILES string of the molecule is Cn1ccnc1[Se]C[Se]c1nccn1C. The topological polar surface area (TPSA) is 35.6 Å². The van der Waals surface area contributed by atoms with Gasteiger partial charge in [-0.2, -0.15) is 0 Å². The van der Waals surface area contributed by atoms with Crippen molar-refractivity contribution in [2.45, 2.75) is 4.22 Å². The van der Waals surface area contributed by atoms with E-state index in [1.807, 2.05) is 24.8 Å². The van der Waals surface area contributed by atoms with Crippen molar-refractivity contribution in [1.82, 2.24) is 19.1 Å². The number of hydrogen-bond acceptors (Lipinski definition) is 2. The molecule has 0 aliphatic rings. The third-order valence-corrected chi connectivity index (χ3v) is 7.73. The molecule has 2 rings (SSSR count). The van der Waals surface area contributed by atoms with Gasteiger partial charge in [0.2, 0.25) is 0 Å². The normalized spacial score (nSPS) is 10.8. The van der Waals surface area contributed by atoms with Crippen molar-refractivity contribution in [2.24, 2.45) is 14.1 Å². The number of imidazole rings is 2. The van der Waals surface area contributed by atoms with Crippen LogP contribution in [0.3, 0.4) is 0 Å². The summed E-state index contributed by atoms with van der Waals surface area (Å²) in [6, 6.07) is 0. The molecule has 0 aliphatic heterocycles. The summed E-state index contributed by atoms with van der Waals surface area (Å²) < 4.78 is 7.87. The van der Waals surface area contributed by atoms with Gasteiger partial charge in [0.1, 0.15) is 0 Å². The van der Waals surface area contributed by atoms with Crippen LogP contribution in [0, 0.1) is 0 Å². The quantitative estimate of drug-likeness (QED) is 0.665. The Morgan fingerprint density at radius 1 is 1.00 bits per heavy atom. The van der Waals surface area contributed by atoms with Crippen LogP contribution in [0.5, 0.6) is 0 Å². The number of aromatic nitrogens is 4. The summed E-state index contributed by atoms with van der Waals surface area (Å²) in [5, 5.41) is 0. The molecule has 2 aromatic rings. The van der Waals surface area contributed by atoms with Crippen LogP contribution in [0.1, 0.15) is 0 Å². The minimum atomic E-state index is 0.476. The molecule has 80 valence electrons. The first-order valence-corrected chi connectivity index (χ1v) is 8.61. The molecular formula is C9H12N4Se2. The molecule has 0 radical (unpaired) electrons. The summed E-state index contributed by atoms with van der Waals surface area (Å²) in [5.41, 5.74) is 0. The van der Waals surface area contributed by atoms with Gasteiger partial charge in [0.25, 0.3) is 0 Å². The van der Waals surface area contributed by atoms with Gasteiger partial charge in [0.05, 0.1) is 0 Å². The molecule has 0 spiro atoms. The Labute approximate surface area is 101 Å². The van der Waals surface area contributed by atoms with Crippen LogP contribution in [-0.2, 0) is 14.1 Å². The molecular weight excluding hydrogens is 322 g/mol. The Morgan fingerprint density at radius 3 is 1.80 bits per heavy atom. The zero-order valence-electron chi connectivity index (χ0n) is 8.62. The fraction of sp³-hybridized carbons (Fsp3) is 0.333. The van der Waals surface area contributed by atoms with Crippen LogP contribution in [-0.4, -0.2) is 49.0 Å². The van der Waals surface area contributed by atoms with E-state index in [-0.39, 0.29) is 0 Å². The van der Waals surface area contributed by atoms with Gasteiger partial charge in [-0.15, -0.1) is 0 Å². The first kappa shape index (κ1) is 11.0. The summed E-state index contributed by atoms with van der Waals surface area (Å²) in [6.07, 6.45) is 7.74. The molecule has 6 heteroatoms. The fourth-order valence-electron chi connectivity index (χ4n) is 1.12. The van der Waals surface area contributed by atoms with Gasteiger partial charge in [-0.05, 0) is 0 Å². The Bertz CT molecular complexity index is 395. The zero-order chi connectivity index (χ0) is 10.7. The molecule has 0 saturated carbocycles. The van der Waals surface area contributed by atoms with Crippen molar-refractivity contribution in [3.05, 3.63) is 24.8 Å². The number of nitrogens with zero attached hydrogens (tertiary/aromatic N) is 4. The summed E-state index contributed by atoms with van der Waals surface area (Å²) in [5.74, 6) is 0. The van der Waals surface area contributed by atoms with Gasteiger partial charge in [-0.1, -0.05) is 0 Å². The standard InChI is InChI=1S/C9H12N4Se2/c1-12-5-3-10-8(12)14-7-15-9-11-4-6-13(9)2/h3-6H,7H2,1-2H3. The van der Waals surface area contributed by atoms with E-state index in [1.54, 1.807) is 0 Å². The van der Waals surface area contributed by atoms with Crippen molar-refractivity contribution in [2.75, 3.05) is 0 Å². The van der Waals surface area contributed by atoms with Crippen LogP contribution in [0.4, 0.5) is 0 Å². The molecule has 0 aromatic carbocycles. The third-order valence-electron chi connectivity index (χ3n) is 1.93. The summed E-state index contributed by atoms with van der Waals surface area (Å²) >= 11 is 0.953.